The van der Waals surface area contributed by atoms with Crippen LogP contribution >= 0.6 is 115 Å². The second-order valence-electron chi connectivity index (χ2n) is 38.3. The van der Waals surface area contributed by atoms with E-state index in [2.05, 4.69) is 186 Å². The van der Waals surface area contributed by atoms with Gasteiger partial charge in [-0.1, -0.05) is 145 Å². The zero-order valence-electron chi connectivity index (χ0n) is 81.2. The molecule has 5 aromatic carbocycles. The number of carbonyl (C=O) groups excluding carboxylic acids is 3. The summed E-state index contributed by atoms with van der Waals surface area (Å²) in [7, 11) is 0. The van der Waals surface area contributed by atoms with E-state index in [1.807, 2.05) is 139 Å². The smallest absolute Gasteiger partial charge is 0.226 e. The molecule has 1 N–H and O–H groups in total. The maximum atomic E-state index is 12.8. The molecule has 10 aliphatic rings. The summed E-state index contributed by atoms with van der Waals surface area (Å²) in [6.45, 7) is 41.7. The molecule has 5 spiro atoms. The Morgan fingerprint density at radius 1 is 0.300 bits per heavy atom. The van der Waals surface area contributed by atoms with Crippen molar-refractivity contribution in [1.29, 1.82) is 0 Å². The van der Waals surface area contributed by atoms with Gasteiger partial charge in [0.2, 0.25) is 5.91 Å². The van der Waals surface area contributed by atoms with Gasteiger partial charge in [0, 0.05) is 112 Å². The van der Waals surface area contributed by atoms with Crippen LogP contribution < -0.4 is 5.32 Å². The van der Waals surface area contributed by atoms with Crippen LogP contribution in [0.2, 0.25) is 25.1 Å². The molecule has 140 heavy (non-hydrogen) atoms. The fraction of sp³-hybridized carbons (Fsp3) is 0.358. The van der Waals surface area contributed by atoms with Crippen LogP contribution in [0.5, 0.6) is 0 Å². The molecule has 5 aliphatic carbocycles. The van der Waals surface area contributed by atoms with Crippen molar-refractivity contribution < 1.29 is 14.4 Å². The van der Waals surface area contributed by atoms with E-state index < -0.39 is 16.6 Å². The molecule has 714 valence electrons. The monoisotopic (exact) mass is 2050 g/mol. The molecule has 10 aromatic heterocycles. The predicted octanol–water partition coefficient (Wildman–Crippen LogP) is 24.0. The summed E-state index contributed by atoms with van der Waals surface area (Å²) >= 11 is 39.5. The molecule has 24 nitrogen and oxygen atoms in total. The van der Waals surface area contributed by atoms with Crippen LogP contribution in [0.25, 0.3) is 25.0 Å². The third-order valence-corrected chi connectivity index (χ3v) is 37.0. The van der Waals surface area contributed by atoms with Gasteiger partial charge in [-0.25, -0.2) is 0 Å². The molecule has 0 unspecified atom stereocenters. The van der Waals surface area contributed by atoms with Gasteiger partial charge in [-0.05, 0) is 257 Å². The molecular weight excluding hydrogens is 1950 g/mol. The van der Waals surface area contributed by atoms with E-state index in [1.165, 1.54) is 73.3 Å². The topological polar surface area (TPSA) is 279 Å². The summed E-state index contributed by atoms with van der Waals surface area (Å²) in [5, 5.41) is 56.7. The van der Waals surface area contributed by atoms with E-state index in [1.54, 1.807) is 70.5 Å². The van der Waals surface area contributed by atoms with Gasteiger partial charge in [0.05, 0.1) is 46.3 Å². The Morgan fingerprint density at radius 2 is 0.500 bits per heavy atom. The molecule has 15 aromatic rings. The number of ketones is 2. The number of hydrogen-bond donors (Lipinski definition) is 1. The first-order chi connectivity index (χ1) is 66.9. The van der Waals surface area contributed by atoms with E-state index in [-0.39, 0.29) is 46.3 Å². The number of rotatable bonds is 11. The number of aliphatic imine (C=N–C) groups is 5. The number of thiophene rings is 5. The molecule has 5 aliphatic heterocycles. The standard InChI is InChI=1S/C22H22ClN5OS.2C21H19ClN4OS.2C21H21ClN4S/c1-5-24-19(29)16-10-22(16)21-27-26-13(4)28(21)20-17(11(2)12(3)30-20)18(25-22)14-6-8-15(23)9-7-14;2*1-10-12(3)28-19-17(10)18(14-5-7-15(22)8-6-14)23-21(9-16(21)11(2)27)20-25-24-13(4)26(19)20;2*1-5-15-10-21(15)20-25-24-13(4)26(20)19-17(11(2)12(3)27-19)18(23-21)14-6-8-16(22)9-7-14/h6-9,16H,5,10H2,1-4H3,(H,24,29);2*5-8,16H,9H2,1-4H3;2*6-9,15H,5,10H2,1-4H3/t16-,22-;2*16-,21-;2*15-,21+/m00011/s1. The lowest BCUT2D eigenvalue weighted by atomic mass is 9.99. The van der Waals surface area contributed by atoms with Gasteiger partial charge < -0.3 is 5.32 Å². The summed E-state index contributed by atoms with van der Waals surface area (Å²) in [4.78, 5) is 70.2. The number of carbonyl (C=O) groups is 3. The van der Waals surface area contributed by atoms with Crippen LogP contribution in [-0.4, -0.2) is 126 Å². The largest absolute Gasteiger partial charge is 0.356 e. The molecule has 15 heterocycles. The van der Waals surface area contributed by atoms with Crippen molar-refractivity contribution in [3.63, 3.8) is 0 Å². The van der Waals surface area contributed by atoms with Gasteiger partial charge in [-0.2, -0.15) is 0 Å². The van der Waals surface area contributed by atoms with Crippen molar-refractivity contribution in [2.75, 3.05) is 6.54 Å². The number of amides is 1. The lowest BCUT2D eigenvalue weighted by Crippen LogP contribution is -2.29. The molecule has 0 radical (unpaired) electrons. The third kappa shape index (κ3) is 15.3. The summed E-state index contributed by atoms with van der Waals surface area (Å²) in [5.74, 6) is 9.36. The Labute approximate surface area is 856 Å². The molecular formula is C106H102Cl5N21O3S5. The van der Waals surface area contributed by atoms with Gasteiger partial charge in [-0.3, -0.25) is 62.2 Å². The van der Waals surface area contributed by atoms with Crippen LogP contribution in [0.1, 0.15) is 246 Å². The van der Waals surface area contributed by atoms with E-state index in [0.29, 0.717) is 52.7 Å². The van der Waals surface area contributed by atoms with Crippen LogP contribution in [0.3, 0.4) is 0 Å². The molecule has 5 saturated carbocycles. The van der Waals surface area contributed by atoms with E-state index in [0.717, 1.165) is 182 Å². The summed E-state index contributed by atoms with van der Waals surface area (Å²) in [6.07, 6.45) is 6.22. The van der Waals surface area contributed by atoms with Crippen molar-refractivity contribution in [2.24, 2.45) is 54.6 Å². The summed E-state index contributed by atoms with van der Waals surface area (Å²) in [6, 6.07) is 39.3. The predicted molar refractivity (Wildman–Crippen MR) is 562 cm³/mol. The van der Waals surface area contributed by atoms with Crippen molar-refractivity contribution in [2.45, 2.75) is 211 Å². The number of aromatic nitrogens is 15. The molecule has 34 heteroatoms. The zero-order valence-corrected chi connectivity index (χ0v) is 89.1. The first-order valence-electron chi connectivity index (χ1n) is 47.2. The molecule has 0 bridgehead atoms. The maximum absolute atomic E-state index is 12.8. The minimum absolute atomic E-state index is 0.0158. The Balaban J connectivity index is 0.000000104. The molecule has 1 amide bonds. The average molecular weight is 2060 g/mol. The van der Waals surface area contributed by atoms with Crippen molar-refractivity contribution in [3.05, 3.63) is 313 Å². The van der Waals surface area contributed by atoms with Crippen molar-refractivity contribution in [1.82, 2.24) is 79.1 Å². The fourth-order valence-corrected chi connectivity index (χ4v) is 27.8. The third-order valence-electron chi connectivity index (χ3n) is 29.8. The van der Waals surface area contributed by atoms with Crippen LogP contribution in [-0.2, 0) is 42.1 Å². The second kappa shape index (κ2) is 35.2. The maximum Gasteiger partial charge on any atom is 0.226 e. The van der Waals surface area contributed by atoms with Gasteiger partial charge in [0.1, 0.15) is 93.4 Å². The highest BCUT2D eigenvalue weighted by molar-refractivity contribution is 7.16. The minimum atomic E-state index is -0.700. The van der Waals surface area contributed by atoms with E-state index in [4.69, 9.17) is 83.0 Å². The fourth-order valence-electron chi connectivity index (χ4n) is 21.1. The lowest BCUT2D eigenvalue weighted by molar-refractivity contribution is -0.122. The molecule has 10 atom stereocenters. The lowest BCUT2D eigenvalue weighted by Gasteiger charge is -2.13. The summed E-state index contributed by atoms with van der Waals surface area (Å²) < 4.78 is 10.8. The Kier molecular flexibility index (Phi) is 23.9. The SMILES string of the molecule is CC(=O)[C@@H]1C[C@]12N=C(c1ccc(Cl)cc1)c1c(sc(C)c1C)-n1c(C)nnc12.CC(=O)[C@@H]1C[C@]12N=C(c1ccc(Cl)cc1)c1c(sc(C)c1C)-n1c(C)nnc12.CCNC(=O)[C@@H]1C[C@]12N=C(c1ccc(Cl)cc1)c1c(sc(C)c1C)-n1c(C)nnc12.CC[C@@H]1C[C@]12N=C(c1ccc(Cl)cc1)c1c(sc(C)c1C)-n1c(C)nnc12.CC[C@@H]1C[C@]12N=C(c1ccc(Cl)cc1)c1c(sc(C)c1C)-n1c(C)nnc12. The normalized spacial score (nSPS) is 22.5. The molecule has 25 rings (SSSR count). The second-order valence-corrected chi connectivity index (χ2v) is 46.5. The average Bonchev–Trinajstić information content (AvgIpc) is 1.55. The number of nitrogens with one attached hydrogen (secondary N) is 1. The zero-order chi connectivity index (χ0) is 98.6. The molecule has 0 saturated heterocycles. The first-order valence-corrected chi connectivity index (χ1v) is 53.2. The van der Waals surface area contributed by atoms with Gasteiger partial charge in [0.15, 0.2) is 29.1 Å². The highest BCUT2D eigenvalue weighted by Crippen LogP contribution is 2.64. The number of benzene rings is 5. The highest BCUT2D eigenvalue weighted by atomic mass is 35.5. The van der Waals surface area contributed by atoms with Gasteiger partial charge in [0.25, 0.3) is 0 Å². The van der Waals surface area contributed by atoms with E-state index in [9.17, 15) is 14.4 Å². The Hall–Kier alpha value is -11.1. The number of Topliss-reactive ketones (excluding diaryl/α,β-unsaturated/α-hetero) is 2. The number of hydrogen-bond acceptors (Lipinski definition) is 23. The Bertz CT molecular complexity index is 7500. The number of halogens is 5. The van der Waals surface area contributed by atoms with Crippen LogP contribution in [0.15, 0.2) is 146 Å². The van der Waals surface area contributed by atoms with Crippen molar-refractivity contribution in [3.8, 4) is 25.0 Å². The molecule has 5 fully saturated rings. The minimum Gasteiger partial charge on any atom is -0.356 e. The van der Waals surface area contributed by atoms with Gasteiger partial charge in [-0.15, -0.1) is 108 Å². The van der Waals surface area contributed by atoms with E-state index >= 15 is 0 Å². The quantitative estimate of drug-likeness (QED) is 0.126. The van der Waals surface area contributed by atoms with Crippen LogP contribution in [0.4, 0.5) is 0 Å². The van der Waals surface area contributed by atoms with Crippen molar-refractivity contribution >= 4 is 161 Å². The Morgan fingerprint density at radius 3 is 0.693 bits per heavy atom. The highest BCUT2D eigenvalue weighted by Gasteiger charge is 2.67. The van der Waals surface area contributed by atoms with Crippen LogP contribution in [0, 0.1) is 133 Å². The number of aryl methyl sites for hydroxylation is 10. The van der Waals surface area contributed by atoms with Gasteiger partial charge >= 0.3 is 0 Å². The summed E-state index contributed by atoms with van der Waals surface area (Å²) in [5.41, 5.74) is 19.4. The first kappa shape index (κ1) is 95.1. The number of nitrogens with zero attached hydrogens (tertiary/aromatic N) is 20. The number of fused-ring (bicyclic) bond motifs is 20.